The van der Waals surface area contributed by atoms with E-state index in [-0.39, 0.29) is 0 Å². The average molecular weight is 221 g/mol. The first-order chi connectivity index (χ1) is 7.20. The van der Waals surface area contributed by atoms with Crippen molar-refractivity contribution in [3.05, 3.63) is 30.3 Å². The first-order valence-electron chi connectivity index (χ1n) is 5.99. The molecular weight excluding hydrogens is 198 g/mol. The monoisotopic (exact) mass is 221 g/mol. The van der Waals surface area contributed by atoms with Crippen LogP contribution in [0.1, 0.15) is 20.8 Å². The molecule has 0 saturated heterocycles. The van der Waals surface area contributed by atoms with E-state index in [1.54, 1.807) is 0 Å². The number of nitrogens with zero attached hydrogens (tertiary/aromatic N) is 1. The summed E-state index contributed by atoms with van der Waals surface area (Å²) >= 11 is 0. The summed E-state index contributed by atoms with van der Waals surface area (Å²) in [6.07, 6.45) is 0. The van der Waals surface area contributed by atoms with E-state index in [2.05, 4.69) is 62.7 Å². The first-order valence-corrected chi connectivity index (χ1v) is 8.56. The van der Waals surface area contributed by atoms with Crippen LogP contribution in [0.5, 0.6) is 0 Å². The molecule has 0 heterocycles. The number of para-hydroxylation sites is 1. The molecule has 15 heavy (non-hydrogen) atoms. The number of rotatable bonds is 5. The summed E-state index contributed by atoms with van der Waals surface area (Å²) in [5.41, 5.74) is 1.38. The molecule has 0 amide bonds. The third kappa shape index (κ3) is 2.43. The molecule has 1 rings (SSSR count). The summed E-state index contributed by atoms with van der Waals surface area (Å²) < 4.78 is 2.58. The molecule has 0 bridgehead atoms. The molecule has 0 aliphatic carbocycles. The predicted molar refractivity (Wildman–Crippen MR) is 72.0 cm³/mol. The lowest BCUT2D eigenvalue weighted by atomic mass is 10.3. The minimum absolute atomic E-state index is 1.23. The van der Waals surface area contributed by atoms with Crippen molar-refractivity contribution in [2.24, 2.45) is 0 Å². The second-order valence-corrected chi connectivity index (χ2v) is 9.42. The number of anilines is 1. The van der Waals surface area contributed by atoms with Gasteiger partial charge in [-0.25, -0.2) is 0 Å². The highest BCUT2D eigenvalue weighted by Crippen LogP contribution is 2.28. The van der Waals surface area contributed by atoms with Gasteiger partial charge in [0, 0.05) is 5.69 Å². The van der Waals surface area contributed by atoms with Gasteiger partial charge in [0.15, 0.2) is 8.24 Å². The molecule has 1 aromatic carbocycles. The lowest BCUT2D eigenvalue weighted by Gasteiger charge is -2.39. The van der Waals surface area contributed by atoms with Gasteiger partial charge in [-0.3, -0.25) is 0 Å². The Hall–Kier alpha value is -0.763. The van der Waals surface area contributed by atoms with Crippen LogP contribution in [0.25, 0.3) is 0 Å². The van der Waals surface area contributed by atoms with Crippen molar-refractivity contribution in [2.75, 3.05) is 11.6 Å². The third-order valence-electron chi connectivity index (χ3n) is 3.83. The van der Waals surface area contributed by atoms with Crippen molar-refractivity contribution < 1.29 is 0 Å². The van der Waals surface area contributed by atoms with Crippen LogP contribution in [-0.4, -0.2) is 15.3 Å². The zero-order valence-corrected chi connectivity index (χ0v) is 11.5. The second-order valence-electron chi connectivity index (χ2n) is 4.18. The first kappa shape index (κ1) is 12.3. The molecule has 0 radical (unpaired) electrons. The summed E-state index contributed by atoms with van der Waals surface area (Å²) in [4.78, 5) is 0. The van der Waals surface area contributed by atoms with Crippen molar-refractivity contribution >= 4 is 13.9 Å². The van der Waals surface area contributed by atoms with Crippen LogP contribution >= 0.6 is 0 Å². The lowest BCUT2D eigenvalue weighted by molar-refractivity contribution is 1.08. The number of benzene rings is 1. The SMILES string of the molecule is CC[Si](CC)(CC)N(C)c1ccccc1. The van der Waals surface area contributed by atoms with E-state index in [9.17, 15) is 0 Å². The Labute approximate surface area is 95.2 Å². The van der Waals surface area contributed by atoms with E-state index >= 15 is 0 Å². The molecule has 0 aliphatic heterocycles. The number of hydrogen-bond acceptors (Lipinski definition) is 1. The summed E-state index contributed by atoms with van der Waals surface area (Å²) in [6.45, 7) is 7.04. The molecule has 0 unspecified atom stereocenters. The molecule has 0 spiro atoms. The van der Waals surface area contributed by atoms with Gasteiger partial charge >= 0.3 is 0 Å². The van der Waals surface area contributed by atoms with Gasteiger partial charge < -0.3 is 4.57 Å². The topological polar surface area (TPSA) is 3.24 Å². The maximum absolute atomic E-state index is 2.58. The Balaban J connectivity index is 2.95. The van der Waals surface area contributed by atoms with Gasteiger partial charge in [0.2, 0.25) is 0 Å². The van der Waals surface area contributed by atoms with E-state index in [4.69, 9.17) is 0 Å². The minimum atomic E-state index is -1.23. The molecule has 0 atom stereocenters. The molecule has 0 N–H and O–H groups in total. The van der Waals surface area contributed by atoms with E-state index in [1.807, 2.05) is 0 Å². The molecule has 84 valence electrons. The van der Waals surface area contributed by atoms with Gasteiger partial charge in [0.05, 0.1) is 0 Å². The van der Waals surface area contributed by atoms with E-state index in [0.717, 1.165) is 0 Å². The maximum atomic E-state index is 2.58. The Kier molecular flexibility index (Phi) is 4.39. The van der Waals surface area contributed by atoms with Crippen LogP contribution in [0.3, 0.4) is 0 Å². The highest BCUT2D eigenvalue weighted by Gasteiger charge is 2.32. The summed E-state index contributed by atoms with van der Waals surface area (Å²) in [6, 6.07) is 14.8. The third-order valence-corrected chi connectivity index (χ3v) is 9.46. The van der Waals surface area contributed by atoms with Crippen molar-refractivity contribution in [3.8, 4) is 0 Å². The van der Waals surface area contributed by atoms with E-state index in [0.29, 0.717) is 0 Å². The van der Waals surface area contributed by atoms with Gasteiger partial charge in [0.25, 0.3) is 0 Å². The van der Waals surface area contributed by atoms with Crippen LogP contribution in [0.4, 0.5) is 5.69 Å². The predicted octanol–water partition coefficient (Wildman–Crippen LogP) is 4.13. The van der Waals surface area contributed by atoms with Crippen LogP contribution in [0, 0.1) is 0 Å². The zero-order valence-electron chi connectivity index (χ0n) is 10.5. The molecule has 0 aliphatic rings. The van der Waals surface area contributed by atoms with Crippen LogP contribution in [-0.2, 0) is 0 Å². The van der Waals surface area contributed by atoms with Crippen molar-refractivity contribution in [1.82, 2.24) is 0 Å². The highest BCUT2D eigenvalue weighted by atomic mass is 28.3. The fourth-order valence-electron chi connectivity index (χ4n) is 2.39. The Morgan fingerprint density at radius 3 is 1.80 bits per heavy atom. The zero-order chi connectivity index (χ0) is 11.3. The summed E-state index contributed by atoms with van der Waals surface area (Å²) in [7, 11) is 1.05. The summed E-state index contributed by atoms with van der Waals surface area (Å²) in [5, 5.41) is 0. The van der Waals surface area contributed by atoms with Crippen molar-refractivity contribution in [1.29, 1.82) is 0 Å². The molecule has 0 fully saturated rings. The van der Waals surface area contributed by atoms with Crippen LogP contribution in [0.15, 0.2) is 30.3 Å². The maximum Gasteiger partial charge on any atom is 0.155 e. The van der Waals surface area contributed by atoms with E-state index in [1.165, 1.54) is 23.8 Å². The van der Waals surface area contributed by atoms with E-state index < -0.39 is 8.24 Å². The van der Waals surface area contributed by atoms with Gasteiger partial charge in [-0.15, -0.1) is 0 Å². The molecule has 2 heteroatoms. The molecule has 0 saturated carbocycles. The highest BCUT2D eigenvalue weighted by molar-refractivity contribution is 6.83. The Bertz CT molecular complexity index is 272. The average Bonchev–Trinajstić information content (AvgIpc) is 2.33. The normalized spacial score (nSPS) is 11.5. The van der Waals surface area contributed by atoms with Crippen molar-refractivity contribution in [3.63, 3.8) is 0 Å². The minimum Gasteiger partial charge on any atom is -0.400 e. The molecule has 1 aromatic rings. The largest absolute Gasteiger partial charge is 0.400 e. The Morgan fingerprint density at radius 2 is 1.40 bits per heavy atom. The fourth-order valence-corrected chi connectivity index (χ4v) is 6.01. The second kappa shape index (κ2) is 5.36. The quantitative estimate of drug-likeness (QED) is 0.676. The number of hydrogen-bond donors (Lipinski definition) is 0. The molecule has 1 nitrogen and oxygen atoms in total. The van der Waals surface area contributed by atoms with Crippen LogP contribution in [0.2, 0.25) is 18.1 Å². The standard InChI is InChI=1S/C13H23NSi/c1-5-15(6-2,7-3)14(4)13-11-9-8-10-12-13/h8-12H,5-7H2,1-4H3. The lowest BCUT2D eigenvalue weighted by Crippen LogP contribution is -2.50. The van der Waals surface area contributed by atoms with Crippen molar-refractivity contribution in [2.45, 2.75) is 38.9 Å². The van der Waals surface area contributed by atoms with Gasteiger partial charge in [-0.2, -0.15) is 0 Å². The van der Waals surface area contributed by atoms with Gasteiger partial charge in [-0.1, -0.05) is 39.0 Å². The molecular formula is C13H23NSi. The van der Waals surface area contributed by atoms with Gasteiger partial charge in [-0.05, 0) is 37.3 Å². The summed E-state index contributed by atoms with van der Waals surface area (Å²) in [5.74, 6) is 0. The smallest absolute Gasteiger partial charge is 0.155 e. The fraction of sp³-hybridized carbons (Fsp3) is 0.538. The molecule has 0 aromatic heterocycles. The van der Waals surface area contributed by atoms with Gasteiger partial charge in [0.1, 0.15) is 0 Å². The Morgan fingerprint density at radius 1 is 0.933 bits per heavy atom. The van der Waals surface area contributed by atoms with Crippen LogP contribution < -0.4 is 4.57 Å².